The van der Waals surface area contributed by atoms with Crippen molar-refractivity contribution in [1.82, 2.24) is 4.98 Å². The molecule has 10 heteroatoms. The molecule has 0 fully saturated rings. The molecule has 0 atom stereocenters. The number of ether oxygens (including phenoxy) is 1. The smallest absolute Gasteiger partial charge is 0.310 e. The lowest BCUT2D eigenvalue weighted by Crippen LogP contribution is -2.08. The fourth-order valence-electron chi connectivity index (χ4n) is 2.64. The van der Waals surface area contributed by atoms with E-state index in [0.29, 0.717) is 5.56 Å². The molecule has 0 aliphatic heterocycles. The Balaban J connectivity index is 1.89. The minimum Gasteiger partial charge on any atom is -0.439 e. The molecule has 0 spiro atoms. The minimum atomic E-state index is -3.79. The third-order valence-corrected chi connectivity index (χ3v) is 5.04. The van der Waals surface area contributed by atoms with E-state index in [1.807, 2.05) is 0 Å². The number of nitro benzene ring substituents is 1. The summed E-state index contributed by atoms with van der Waals surface area (Å²) in [5, 5.41) is 14.3. The first-order valence-corrected chi connectivity index (χ1v) is 10.2. The summed E-state index contributed by atoms with van der Waals surface area (Å²) in [5.41, 5.74) is 0.0424. The molecule has 0 saturated carbocycles. The quantitative estimate of drug-likeness (QED) is 0.458. The Labute approximate surface area is 166 Å². The minimum absolute atomic E-state index is 0.0403. The lowest BCUT2D eigenvalue weighted by atomic mass is 10.2. The fourth-order valence-corrected chi connectivity index (χ4v) is 3.50. The first-order chi connectivity index (χ1) is 13.8. The van der Waals surface area contributed by atoms with Gasteiger partial charge in [0.2, 0.25) is 5.88 Å². The van der Waals surface area contributed by atoms with Gasteiger partial charge in [-0.1, -0.05) is 18.2 Å². The number of hydrogen-bond donors (Lipinski definition) is 1. The zero-order chi connectivity index (χ0) is 21.0. The summed E-state index contributed by atoms with van der Waals surface area (Å²) in [4.78, 5) is 14.5. The maximum atomic E-state index is 13.4. The highest BCUT2D eigenvalue weighted by Crippen LogP contribution is 2.33. The van der Waals surface area contributed by atoms with Crippen molar-refractivity contribution < 1.29 is 22.5 Å². The van der Waals surface area contributed by atoms with Crippen LogP contribution in [-0.2, 0) is 16.4 Å². The molecule has 3 rings (SSSR count). The van der Waals surface area contributed by atoms with Crippen LogP contribution in [0.4, 0.5) is 15.8 Å². The number of para-hydroxylation sites is 1. The summed E-state index contributed by atoms with van der Waals surface area (Å²) in [5.74, 6) is -0.0335. The number of nitrogens with zero attached hydrogens (tertiary/aromatic N) is 2. The van der Waals surface area contributed by atoms with Crippen LogP contribution in [-0.4, -0.2) is 24.6 Å². The number of halogens is 1. The Kier molecular flexibility index (Phi) is 5.74. The van der Waals surface area contributed by atoms with Crippen molar-refractivity contribution in [2.24, 2.45) is 0 Å². The van der Waals surface area contributed by atoms with Crippen molar-refractivity contribution in [2.45, 2.75) is 11.4 Å². The summed E-state index contributed by atoms with van der Waals surface area (Å²) in [6, 6.07) is 12.9. The molecule has 1 heterocycles. The zero-order valence-corrected chi connectivity index (χ0v) is 16.0. The van der Waals surface area contributed by atoms with Gasteiger partial charge in [-0.2, -0.15) is 0 Å². The van der Waals surface area contributed by atoms with E-state index in [4.69, 9.17) is 4.74 Å². The van der Waals surface area contributed by atoms with Crippen molar-refractivity contribution in [3.8, 4) is 11.6 Å². The zero-order valence-electron chi connectivity index (χ0n) is 15.2. The van der Waals surface area contributed by atoms with Gasteiger partial charge in [-0.3, -0.25) is 10.1 Å². The van der Waals surface area contributed by atoms with E-state index in [1.165, 1.54) is 42.6 Å². The van der Waals surface area contributed by atoms with Crippen LogP contribution >= 0.6 is 0 Å². The van der Waals surface area contributed by atoms with Gasteiger partial charge in [0.15, 0.2) is 9.84 Å². The molecule has 0 bridgehead atoms. The molecule has 8 nitrogen and oxygen atoms in total. The molecule has 1 N–H and O–H groups in total. The van der Waals surface area contributed by atoms with Crippen LogP contribution in [0.5, 0.6) is 11.6 Å². The predicted octanol–water partition coefficient (Wildman–Crippen LogP) is 3.94. The Bertz CT molecular complexity index is 1170. The molecule has 2 aromatic carbocycles. The van der Waals surface area contributed by atoms with E-state index in [9.17, 15) is 22.9 Å². The summed E-state index contributed by atoms with van der Waals surface area (Å²) < 4.78 is 42.7. The van der Waals surface area contributed by atoms with Crippen LogP contribution < -0.4 is 10.1 Å². The molecule has 0 aliphatic carbocycles. The van der Waals surface area contributed by atoms with E-state index in [1.54, 1.807) is 18.2 Å². The van der Waals surface area contributed by atoms with Crippen molar-refractivity contribution in [3.63, 3.8) is 0 Å². The summed E-state index contributed by atoms with van der Waals surface area (Å²) in [6.45, 7) is 0.0620. The topological polar surface area (TPSA) is 111 Å². The van der Waals surface area contributed by atoms with Crippen LogP contribution in [0.1, 0.15) is 5.56 Å². The van der Waals surface area contributed by atoms with Crippen LogP contribution in [0.15, 0.2) is 65.7 Å². The second-order valence-electron chi connectivity index (χ2n) is 6.06. The molecule has 0 aliphatic rings. The number of nitro groups is 1. The van der Waals surface area contributed by atoms with Crippen LogP contribution in [0, 0.1) is 15.9 Å². The van der Waals surface area contributed by atoms with Gasteiger partial charge in [0, 0.05) is 30.6 Å². The highest BCUT2D eigenvalue weighted by atomic mass is 32.2. The Morgan fingerprint density at radius 3 is 2.62 bits per heavy atom. The van der Waals surface area contributed by atoms with E-state index in [0.717, 1.165) is 6.26 Å². The van der Waals surface area contributed by atoms with Gasteiger partial charge < -0.3 is 10.1 Å². The molecule has 0 radical (unpaired) electrons. The maximum absolute atomic E-state index is 13.4. The second kappa shape index (κ2) is 8.23. The van der Waals surface area contributed by atoms with Crippen LogP contribution in [0.2, 0.25) is 0 Å². The number of nitrogens with one attached hydrogen (secondary N) is 1. The van der Waals surface area contributed by atoms with Gasteiger partial charge in [0.05, 0.1) is 4.92 Å². The fraction of sp³-hybridized carbons (Fsp3) is 0.105. The van der Waals surface area contributed by atoms with Crippen molar-refractivity contribution in [1.29, 1.82) is 0 Å². The van der Waals surface area contributed by atoms with Crippen molar-refractivity contribution in [3.05, 3.63) is 82.3 Å². The van der Waals surface area contributed by atoms with Crippen molar-refractivity contribution >= 4 is 21.2 Å². The van der Waals surface area contributed by atoms with E-state index in [2.05, 4.69) is 10.3 Å². The molecule has 150 valence electrons. The van der Waals surface area contributed by atoms with Gasteiger partial charge in [0.1, 0.15) is 22.1 Å². The van der Waals surface area contributed by atoms with E-state index >= 15 is 0 Å². The number of aromatic nitrogens is 1. The highest BCUT2D eigenvalue weighted by Gasteiger charge is 2.26. The number of hydrogen-bond acceptors (Lipinski definition) is 7. The molecule has 0 unspecified atom stereocenters. The van der Waals surface area contributed by atoms with Crippen LogP contribution in [0.3, 0.4) is 0 Å². The third-order valence-electron chi connectivity index (χ3n) is 3.91. The van der Waals surface area contributed by atoms with E-state index in [-0.39, 0.29) is 28.8 Å². The molecule has 0 saturated heterocycles. The first kappa shape index (κ1) is 20.2. The Morgan fingerprint density at radius 2 is 1.93 bits per heavy atom. The summed E-state index contributed by atoms with van der Waals surface area (Å²) in [6.07, 6.45) is 2.40. The Morgan fingerprint density at radius 1 is 1.17 bits per heavy atom. The molecular weight excluding hydrogens is 401 g/mol. The van der Waals surface area contributed by atoms with E-state index < -0.39 is 26.3 Å². The number of anilines is 1. The average Bonchev–Trinajstić information content (AvgIpc) is 2.66. The third kappa shape index (κ3) is 4.85. The lowest BCUT2D eigenvalue weighted by Gasteiger charge is -2.12. The van der Waals surface area contributed by atoms with Gasteiger partial charge in [-0.25, -0.2) is 17.8 Å². The molecular formula is C19H16FN3O5S. The molecule has 0 amide bonds. The Hall–Kier alpha value is -3.53. The van der Waals surface area contributed by atoms with Gasteiger partial charge in [-0.05, 0) is 30.3 Å². The number of pyridine rings is 1. The SMILES string of the molecule is CS(=O)(=O)c1cccc(NCc2cccnc2Oc2cccc(F)c2)c1[N+](=O)[O-]. The molecule has 1 aromatic heterocycles. The van der Waals surface area contributed by atoms with Crippen LogP contribution in [0.25, 0.3) is 0 Å². The summed E-state index contributed by atoms with van der Waals surface area (Å²) in [7, 11) is -3.79. The predicted molar refractivity (Wildman–Crippen MR) is 104 cm³/mol. The van der Waals surface area contributed by atoms with Gasteiger partial charge in [0.25, 0.3) is 0 Å². The first-order valence-electron chi connectivity index (χ1n) is 8.34. The van der Waals surface area contributed by atoms with Crippen molar-refractivity contribution in [2.75, 3.05) is 11.6 Å². The second-order valence-corrected chi connectivity index (χ2v) is 8.05. The van der Waals surface area contributed by atoms with Gasteiger partial charge >= 0.3 is 5.69 Å². The highest BCUT2D eigenvalue weighted by molar-refractivity contribution is 7.90. The standard InChI is InChI=1S/C19H16FN3O5S/c1-29(26,27)17-9-3-8-16(18(17)23(24)25)22-12-13-5-4-10-21-19(13)28-15-7-2-6-14(20)11-15/h2-11,22H,12H2,1H3. The average molecular weight is 417 g/mol. The largest absolute Gasteiger partial charge is 0.439 e. The monoisotopic (exact) mass is 417 g/mol. The summed E-state index contributed by atoms with van der Waals surface area (Å²) >= 11 is 0. The van der Waals surface area contributed by atoms with Gasteiger partial charge in [-0.15, -0.1) is 0 Å². The normalized spacial score (nSPS) is 11.1. The lowest BCUT2D eigenvalue weighted by molar-refractivity contribution is -0.386. The maximum Gasteiger partial charge on any atom is 0.310 e. The number of rotatable bonds is 7. The number of sulfone groups is 1. The molecule has 29 heavy (non-hydrogen) atoms. The number of benzene rings is 2. The molecule has 3 aromatic rings.